The molecule has 1 N–H and O–H groups in total. The van der Waals surface area contributed by atoms with E-state index in [1.54, 1.807) is 13.1 Å². The molecule has 1 heterocycles. The van der Waals surface area contributed by atoms with Gasteiger partial charge in [-0.1, -0.05) is 18.2 Å². The van der Waals surface area contributed by atoms with Crippen LogP contribution < -0.4 is 5.32 Å². The number of aryl methyl sites for hydroxylation is 2. The minimum absolute atomic E-state index is 0.232. The van der Waals surface area contributed by atoms with Gasteiger partial charge in [0, 0.05) is 18.1 Å². The number of carbonyl (C=O) groups is 1. The van der Waals surface area contributed by atoms with E-state index in [-0.39, 0.29) is 5.91 Å². The number of anilines is 1. The van der Waals surface area contributed by atoms with Gasteiger partial charge in [0.05, 0.1) is 5.69 Å². The molecule has 0 aliphatic heterocycles. The van der Waals surface area contributed by atoms with Crippen molar-refractivity contribution < 1.29 is 4.79 Å². The van der Waals surface area contributed by atoms with Crippen molar-refractivity contribution in [1.29, 1.82) is 0 Å². The summed E-state index contributed by atoms with van der Waals surface area (Å²) in [4.78, 5) is 20.0. The zero-order valence-electron chi connectivity index (χ0n) is 9.77. The highest BCUT2D eigenvalue weighted by molar-refractivity contribution is 6.03. The lowest BCUT2D eigenvalue weighted by Gasteiger charge is -2.08. The van der Waals surface area contributed by atoms with Gasteiger partial charge in [0.25, 0.3) is 5.91 Å². The Bertz CT molecular complexity index is 552. The van der Waals surface area contributed by atoms with E-state index in [2.05, 4.69) is 15.3 Å². The number of benzene rings is 1. The van der Waals surface area contributed by atoms with E-state index in [4.69, 9.17) is 0 Å². The van der Waals surface area contributed by atoms with Crippen LogP contribution in [-0.4, -0.2) is 15.9 Å². The molecule has 1 aromatic heterocycles. The molecule has 4 nitrogen and oxygen atoms in total. The summed E-state index contributed by atoms with van der Waals surface area (Å²) in [5, 5.41) is 2.83. The molecule has 0 radical (unpaired) electrons. The number of hydrogen-bond acceptors (Lipinski definition) is 3. The largest absolute Gasteiger partial charge is 0.320 e. The summed E-state index contributed by atoms with van der Waals surface area (Å²) in [5.74, 6) is -0.232. The first-order chi connectivity index (χ1) is 8.18. The lowest BCUT2D eigenvalue weighted by Crippen LogP contribution is -2.16. The number of hydrogen-bond donors (Lipinski definition) is 1. The molecule has 4 heteroatoms. The van der Waals surface area contributed by atoms with Crippen LogP contribution in [0.15, 0.2) is 36.7 Å². The molecule has 0 saturated heterocycles. The molecule has 0 unspecified atom stereocenters. The average Bonchev–Trinajstić information content (AvgIpc) is 2.32. The van der Waals surface area contributed by atoms with Crippen LogP contribution in [0.2, 0.25) is 0 Å². The molecule has 0 bridgehead atoms. The van der Waals surface area contributed by atoms with Crippen LogP contribution in [0.3, 0.4) is 0 Å². The van der Waals surface area contributed by atoms with Crippen LogP contribution >= 0.6 is 0 Å². The van der Waals surface area contributed by atoms with E-state index >= 15 is 0 Å². The molecule has 2 rings (SSSR count). The fraction of sp³-hybridized carbons (Fsp3) is 0.154. The zero-order chi connectivity index (χ0) is 12.3. The SMILES string of the molecule is Cc1ccccc1NC(=O)c1nccnc1C. The fourth-order valence-corrected chi connectivity index (χ4v) is 1.53. The van der Waals surface area contributed by atoms with Crippen LogP contribution in [-0.2, 0) is 0 Å². The van der Waals surface area contributed by atoms with Crippen molar-refractivity contribution in [2.24, 2.45) is 0 Å². The van der Waals surface area contributed by atoms with Gasteiger partial charge in [0.15, 0.2) is 0 Å². The molecular weight excluding hydrogens is 214 g/mol. The number of nitrogens with zero attached hydrogens (tertiary/aromatic N) is 2. The second-order valence-electron chi connectivity index (χ2n) is 3.76. The fourth-order valence-electron chi connectivity index (χ4n) is 1.53. The number of carbonyl (C=O) groups excluding carboxylic acids is 1. The Labute approximate surface area is 99.7 Å². The van der Waals surface area contributed by atoms with Crippen molar-refractivity contribution in [3.05, 3.63) is 53.6 Å². The second-order valence-corrected chi connectivity index (χ2v) is 3.76. The molecule has 0 aliphatic carbocycles. The van der Waals surface area contributed by atoms with E-state index in [1.807, 2.05) is 31.2 Å². The standard InChI is InChI=1S/C13H13N3O/c1-9-5-3-4-6-11(9)16-13(17)12-10(2)14-7-8-15-12/h3-8H,1-2H3,(H,16,17). The van der Waals surface area contributed by atoms with Crippen LogP contribution in [0.5, 0.6) is 0 Å². The van der Waals surface area contributed by atoms with E-state index in [1.165, 1.54) is 6.20 Å². The zero-order valence-corrected chi connectivity index (χ0v) is 9.77. The van der Waals surface area contributed by atoms with Gasteiger partial charge in [-0.05, 0) is 25.5 Å². The van der Waals surface area contributed by atoms with Gasteiger partial charge in [-0.25, -0.2) is 4.98 Å². The summed E-state index contributed by atoms with van der Waals surface area (Å²) in [6, 6.07) is 7.61. The van der Waals surface area contributed by atoms with Gasteiger partial charge in [-0.3, -0.25) is 9.78 Å². The van der Waals surface area contributed by atoms with Crippen molar-refractivity contribution in [1.82, 2.24) is 9.97 Å². The smallest absolute Gasteiger partial charge is 0.276 e. The van der Waals surface area contributed by atoms with Gasteiger partial charge in [0.1, 0.15) is 5.69 Å². The van der Waals surface area contributed by atoms with E-state index in [9.17, 15) is 4.79 Å². The summed E-state index contributed by atoms with van der Waals surface area (Å²) < 4.78 is 0. The van der Waals surface area contributed by atoms with Crippen LogP contribution in [0, 0.1) is 13.8 Å². The number of nitrogens with one attached hydrogen (secondary N) is 1. The molecule has 17 heavy (non-hydrogen) atoms. The van der Waals surface area contributed by atoms with E-state index in [0.717, 1.165) is 11.3 Å². The normalized spacial score (nSPS) is 10.0. The van der Waals surface area contributed by atoms with Gasteiger partial charge < -0.3 is 5.32 Å². The minimum Gasteiger partial charge on any atom is -0.320 e. The topological polar surface area (TPSA) is 54.9 Å². The monoisotopic (exact) mass is 227 g/mol. The number of rotatable bonds is 2. The van der Waals surface area contributed by atoms with Gasteiger partial charge in [0.2, 0.25) is 0 Å². The maximum absolute atomic E-state index is 12.0. The third-order valence-electron chi connectivity index (χ3n) is 2.49. The number of para-hydroxylation sites is 1. The minimum atomic E-state index is -0.232. The Balaban J connectivity index is 2.24. The maximum atomic E-state index is 12.0. The second kappa shape index (κ2) is 4.74. The first kappa shape index (κ1) is 11.3. The summed E-state index contributed by atoms with van der Waals surface area (Å²) in [7, 11) is 0. The third kappa shape index (κ3) is 2.47. The number of amides is 1. The molecular formula is C13H13N3O. The lowest BCUT2D eigenvalue weighted by atomic mass is 10.2. The predicted octanol–water partition coefficient (Wildman–Crippen LogP) is 2.35. The Morgan fingerprint density at radius 1 is 1.12 bits per heavy atom. The summed E-state index contributed by atoms with van der Waals surface area (Å²) >= 11 is 0. The predicted molar refractivity (Wildman–Crippen MR) is 65.9 cm³/mol. The maximum Gasteiger partial charge on any atom is 0.276 e. The van der Waals surface area contributed by atoms with Crippen molar-refractivity contribution in [3.63, 3.8) is 0 Å². The highest BCUT2D eigenvalue weighted by atomic mass is 16.1. The summed E-state index contributed by atoms with van der Waals surface area (Å²) in [6.07, 6.45) is 3.08. The third-order valence-corrected chi connectivity index (χ3v) is 2.49. The Hall–Kier alpha value is -2.23. The highest BCUT2D eigenvalue weighted by Crippen LogP contribution is 2.14. The quantitative estimate of drug-likeness (QED) is 0.856. The van der Waals surface area contributed by atoms with Crippen molar-refractivity contribution in [2.75, 3.05) is 5.32 Å². The molecule has 0 saturated carbocycles. The highest BCUT2D eigenvalue weighted by Gasteiger charge is 2.11. The molecule has 1 amide bonds. The van der Waals surface area contributed by atoms with Crippen LogP contribution in [0.1, 0.15) is 21.7 Å². The molecule has 0 aliphatic rings. The van der Waals surface area contributed by atoms with E-state index < -0.39 is 0 Å². The molecule has 2 aromatic rings. The van der Waals surface area contributed by atoms with Gasteiger partial charge in [-0.15, -0.1) is 0 Å². The first-order valence-corrected chi connectivity index (χ1v) is 5.33. The van der Waals surface area contributed by atoms with Crippen molar-refractivity contribution in [2.45, 2.75) is 13.8 Å². The van der Waals surface area contributed by atoms with Gasteiger partial charge >= 0.3 is 0 Å². The Kier molecular flexibility index (Phi) is 3.14. The molecule has 0 spiro atoms. The molecule has 1 aromatic carbocycles. The van der Waals surface area contributed by atoms with Crippen molar-refractivity contribution in [3.8, 4) is 0 Å². The summed E-state index contributed by atoms with van der Waals surface area (Å²) in [6.45, 7) is 3.71. The number of aromatic nitrogens is 2. The van der Waals surface area contributed by atoms with Crippen LogP contribution in [0.4, 0.5) is 5.69 Å². The molecule has 0 fully saturated rings. The van der Waals surface area contributed by atoms with Crippen molar-refractivity contribution >= 4 is 11.6 Å². The lowest BCUT2D eigenvalue weighted by molar-refractivity contribution is 0.102. The molecule has 86 valence electrons. The Morgan fingerprint density at radius 2 is 1.82 bits per heavy atom. The van der Waals surface area contributed by atoms with Crippen LogP contribution in [0.25, 0.3) is 0 Å². The average molecular weight is 227 g/mol. The first-order valence-electron chi connectivity index (χ1n) is 5.33. The Morgan fingerprint density at radius 3 is 2.53 bits per heavy atom. The summed E-state index contributed by atoms with van der Waals surface area (Å²) in [5.41, 5.74) is 2.79. The molecule has 0 atom stereocenters. The van der Waals surface area contributed by atoms with Gasteiger partial charge in [-0.2, -0.15) is 0 Å². The van der Waals surface area contributed by atoms with E-state index in [0.29, 0.717) is 11.4 Å².